The molecule has 2 aromatic rings. The van der Waals surface area contributed by atoms with Gasteiger partial charge in [0.15, 0.2) is 0 Å². The van der Waals surface area contributed by atoms with Crippen molar-refractivity contribution in [1.82, 2.24) is 9.88 Å². The van der Waals surface area contributed by atoms with Crippen LogP contribution in [0.2, 0.25) is 0 Å². The summed E-state index contributed by atoms with van der Waals surface area (Å²) in [5, 5.41) is 11.0. The molecule has 7 heteroatoms. The number of Topliss-reactive ketones (excluding diaryl/α,β-unsaturated/α-hetero) is 1. The molecule has 146 valence electrons. The van der Waals surface area contributed by atoms with Crippen LogP contribution in [0.1, 0.15) is 24.1 Å². The number of carbonyl (C=O) groups excluding carboxylic acids is 2. The fraction of sp³-hybridized carbons (Fsp3) is 0.286. The molecule has 1 aromatic carbocycles. The molecule has 0 saturated carbocycles. The van der Waals surface area contributed by atoms with Crippen LogP contribution in [0.4, 0.5) is 0 Å². The van der Waals surface area contributed by atoms with Crippen LogP contribution in [0.3, 0.4) is 0 Å². The molecule has 1 amide bonds. The minimum atomic E-state index is -0.725. The number of nitrogens with zero attached hydrogens (tertiary/aromatic N) is 2. The third-order valence-electron chi connectivity index (χ3n) is 4.52. The Hall–Kier alpha value is -3.19. The second kappa shape index (κ2) is 8.67. The summed E-state index contributed by atoms with van der Waals surface area (Å²) in [4.78, 5) is 30.8. The first-order valence-corrected chi connectivity index (χ1v) is 8.99. The third-order valence-corrected chi connectivity index (χ3v) is 4.52. The van der Waals surface area contributed by atoms with E-state index in [1.54, 1.807) is 48.8 Å². The van der Waals surface area contributed by atoms with Crippen molar-refractivity contribution in [3.8, 4) is 5.75 Å². The highest BCUT2D eigenvalue weighted by Gasteiger charge is 2.45. The molecule has 7 nitrogen and oxygen atoms in total. The minimum absolute atomic E-state index is 0.0425. The SMILES string of the molecule is CCOc1cccc(C(O)=C2C(=O)C(=O)N(CCOC)[C@H]2c2ccncc2)c1. The zero-order valence-corrected chi connectivity index (χ0v) is 15.8. The number of ether oxygens (including phenoxy) is 2. The average molecular weight is 382 g/mol. The Morgan fingerprint density at radius 3 is 2.64 bits per heavy atom. The maximum Gasteiger partial charge on any atom is 0.295 e. The number of pyridine rings is 1. The first-order chi connectivity index (χ1) is 13.6. The van der Waals surface area contributed by atoms with E-state index in [1.807, 2.05) is 6.92 Å². The summed E-state index contributed by atoms with van der Waals surface area (Å²) in [6.45, 7) is 2.83. The molecule has 1 fully saturated rings. The van der Waals surface area contributed by atoms with Crippen LogP contribution in [0.25, 0.3) is 5.76 Å². The number of aromatic nitrogens is 1. The Kier molecular flexibility index (Phi) is 6.06. The summed E-state index contributed by atoms with van der Waals surface area (Å²) in [7, 11) is 1.53. The van der Waals surface area contributed by atoms with E-state index in [9.17, 15) is 14.7 Å². The zero-order chi connectivity index (χ0) is 20.1. The lowest BCUT2D eigenvalue weighted by molar-refractivity contribution is -0.140. The van der Waals surface area contributed by atoms with Crippen LogP contribution >= 0.6 is 0 Å². The molecule has 3 rings (SSSR count). The molecule has 0 bridgehead atoms. The van der Waals surface area contributed by atoms with Crippen molar-refractivity contribution >= 4 is 17.4 Å². The molecular weight excluding hydrogens is 360 g/mol. The first-order valence-electron chi connectivity index (χ1n) is 8.99. The predicted octanol–water partition coefficient (Wildman–Crippen LogP) is 2.55. The van der Waals surface area contributed by atoms with Crippen molar-refractivity contribution in [2.75, 3.05) is 26.9 Å². The number of benzene rings is 1. The number of hydrogen-bond acceptors (Lipinski definition) is 6. The van der Waals surface area contributed by atoms with Crippen molar-refractivity contribution in [3.05, 3.63) is 65.5 Å². The van der Waals surface area contributed by atoms with E-state index in [-0.39, 0.29) is 24.5 Å². The smallest absolute Gasteiger partial charge is 0.295 e. The van der Waals surface area contributed by atoms with Gasteiger partial charge in [-0.2, -0.15) is 0 Å². The number of methoxy groups -OCH3 is 1. The number of ketones is 1. The monoisotopic (exact) mass is 382 g/mol. The second-order valence-electron chi connectivity index (χ2n) is 6.23. The Balaban J connectivity index is 2.12. The van der Waals surface area contributed by atoms with Crippen LogP contribution in [-0.4, -0.2) is 53.5 Å². The molecular formula is C21H22N2O5. The van der Waals surface area contributed by atoms with Crippen molar-refractivity contribution < 1.29 is 24.2 Å². The fourth-order valence-corrected chi connectivity index (χ4v) is 3.25. The van der Waals surface area contributed by atoms with Crippen molar-refractivity contribution in [3.63, 3.8) is 0 Å². The Morgan fingerprint density at radius 1 is 1.21 bits per heavy atom. The maximum absolute atomic E-state index is 12.8. The molecule has 2 heterocycles. The summed E-state index contributed by atoms with van der Waals surface area (Å²) in [5.41, 5.74) is 1.14. The van der Waals surface area contributed by atoms with E-state index in [2.05, 4.69) is 4.98 Å². The van der Waals surface area contributed by atoms with Gasteiger partial charge in [-0.1, -0.05) is 12.1 Å². The zero-order valence-electron chi connectivity index (χ0n) is 15.8. The van der Waals surface area contributed by atoms with E-state index in [0.717, 1.165) is 0 Å². The topological polar surface area (TPSA) is 89.0 Å². The number of hydrogen-bond donors (Lipinski definition) is 1. The van der Waals surface area contributed by atoms with Gasteiger partial charge in [-0.15, -0.1) is 0 Å². The highest BCUT2D eigenvalue weighted by Crippen LogP contribution is 2.39. The van der Waals surface area contributed by atoms with Crippen LogP contribution in [-0.2, 0) is 14.3 Å². The molecule has 1 N–H and O–H groups in total. The quantitative estimate of drug-likeness (QED) is 0.450. The molecule has 0 aliphatic carbocycles. The molecule has 0 spiro atoms. The molecule has 1 aliphatic rings. The van der Waals surface area contributed by atoms with Crippen molar-refractivity contribution in [2.24, 2.45) is 0 Å². The summed E-state index contributed by atoms with van der Waals surface area (Å²) in [5.74, 6) is -1.05. The van der Waals surface area contributed by atoms with Gasteiger partial charge in [-0.25, -0.2) is 0 Å². The van der Waals surface area contributed by atoms with Gasteiger partial charge in [0.1, 0.15) is 11.5 Å². The molecule has 0 unspecified atom stereocenters. The highest BCUT2D eigenvalue weighted by molar-refractivity contribution is 6.46. The Labute approximate surface area is 163 Å². The molecule has 1 aliphatic heterocycles. The van der Waals surface area contributed by atoms with Crippen LogP contribution in [0.5, 0.6) is 5.75 Å². The number of aliphatic hydroxyl groups is 1. The number of amides is 1. The average Bonchev–Trinajstić information content (AvgIpc) is 2.97. The first kappa shape index (κ1) is 19.6. The number of rotatable bonds is 7. The predicted molar refractivity (Wildman–Crippen MR) is 103 cm³/mol. The van der Waals surface area contributed by atoms with Gasteiger partial charge in [0.25, 0.3) is 11.7 Å². The fourth-order valence-electron chi connectivity index (χ4n) is 3.25. The van der Waals surface area contributed by atoms with Crippen LogP contribution in [0.15, 0.2) is 54.4 Å². The summed E-state index contributed by atoms with van der Waals surface area (Å²) < 4.78 is 10.6. The number of aliphatic hydroxyl groups excluding tert-OH is 1. The van der Waals surface area contributed by atoms with E-state index in [1.165, 1.54) is 12.0 Å². The highest BCUT2D eigenvalue weighted by atomic mass is 16.5. The van der Waals surface area contributed by atoms with E-state index < -0.39 is 17.7 Å². The number of carbonyl (C=O) groups is 2. The lowest BCUT2D eigenvalue weighted by Crippen LogP contribution is -2.32. The van der Waals surface area contributed by atoms with Crippen LogP contribution < -0.4 is 4.74 Å². The summed E-state index contributed by atoms with van der Waals surface area (Å²) in [6.07, 6.45) is 3.17. The second-order valence-corrected chi connectivity index (χ2v) is 6.23. The Bertz CT molecular complexity index is 895. The summed E-state index contributed by atoms with van der Waals surface area (Å²) >= 11 is 0. The van der Waals surface area contributed by atoms with E-state index in [4.69, 9.17) is 9.47 Å². The lowest BCUT2D eigenvalue weighted by atomic mass is 9.96. The van der Waals surface area contributed by atoms with Gasteiger partial charge >= 0.3 is 0 Å². The molecule has 1 atom stereocenters. The standard InChI is InChI=1S/C21H22N2O5/c1-3-28-16-6-4-5-15(13-16)19(24)17-18(14-7-9-22-10-8-14)23(11-12-27-2)21(26)20(17)25/h4-10,13,18,24H,3,11-12H2,1-2H3/t18-/m0/s1. The molecule has 1 saturated heterocycles. The summed E-state index contributed by atoms with van der Waals surface area (Å²) in [6, 6.07) is 9.53. The molecule has 1 aromatic heterocycles. The van der Waals surface area contributed by atoms with Gasteiger partial charge in [-0.05, 0) is 36.8 Å². The van der Waals surface area contributed by atoms with Gasteiger partial charge in [0, 0.05) is 31.6 Å². The molecule has 0 radical (unpaired) electrons. The van der Waals surface area contributed by atoms with Crippen LogP contribution in [0, 0.1) is 0 Å². The minimum Gasteiger partial charge on any atom is -0.507 e. The normalized spacial score (nSPS) is 18.5. The van der Waals surface area contributed by atoms with E-state index >= 15 is 0 Å². The molecule has 28 heavy (non-hydrogen) atoms. The number of likely N-dealkylation sites (tertiary alicyclic amines) is 1. The van der Waals surface area contributed by atoms with E-state index in [0.29, 0.717) is 23.5 Å². The Morgan fingerprint density at radius 2 is 1.96 bits per heavy atom. The maximum atomic E-state index is 12.8. The van der Waals surface area contributed by atoms with Gasteiger partial charge < -0.3 is 19.5 Å². The lowest BCUT2D eigenvalue weighted by Gasteiger charge is -2.24. The van der Waals surface area contributed by atoms with Crippen molar-refractivity contribution in [1.29, 1.82) is 0 Å². The van der Waals surface area contributed by atoms with Gasteiger partial charge in [0.05, 0.1) is 24.8 Å². The van der Waals surface area contributed by atoms with Gasteiger partial charge in [0.2, 0.25) is 0 Å². The third kappa shape index (κ3) is 3.75. The van der Waals surface area contributed by atoms with Crippen molar-refractivity contribution in [2.45, 2.75) is 13.0 Å². The largest absolute Gasteiger partial charge is 0.507 e. The van der Waals surface area contributed by atoms with Gasteiger partial charge in [-0.3, -0.25) is 14.6 Å².